The van der Waals surface area contributed by atoms with Gasteiger partial charge in [0.15, 0.2) is 5.69 Å². The van der Waals surface area contributed by atoms with E-state index in [4.69, 9.17) is 9.47 Å². The fourth-order valence-corrected chi connectivity index (χ4v) is 3.96. The van der Waals surface area contributed by atoms with Crippen LogP contribution >= 0.6 is 0 Å². The highest BCUT2D eigenvalue weighted by Crippen LogP contribution is 2.44. The summed E-state index contributed by atoms with van der Waals surface area (Å²) in [5.41, 5.74) is 0.0845. The number of esters is 1. The van der Waals surface area contributed by atoms with Crippen LogP contribution in [0.15, 0.2) is 35.1 Å². The Bertz CT molecular complexity index is 915. The minimum absolute atomic E-state index is 0.0292. The summed E-state index contributed by atoms with van der Waals surface area (Å²) in [6.07, 6.45) is 4.69. The molecular formula is C24H32N2O4. The van der Waals surface area contributed by atoms with Crippen LogP contribution in [0, 0.1) is 0 Å². The molecule has 0 aliphatic heterocycles. The molecule has 1 aliphatic carbocycles. The Morgan fingerprint density at radius 1 is 1.17 bits per heavy atom. The first kappa shape index (κ1) is 22.1. The van der Waals surface area contributed by atoms with Gasteiger partial charge in [0.25, 0.3) is 5.56 Å². The molecular weight excluding hydrogens is 380 g/mol. The standard InChI is InChI=1S/C24H32N2O4/c1-5-6-15-29-20-19(23(28)30-24(2,3)4)25-21(26-22(20)27)18-14-10-13-17(18)16-11-8-7-9-12-16/h7-9,11-12,17-18H,5-6,10,13-15H2,1-4H3,(H,25,26,27)/t17-,18-/m1/s1. The van der Waals surface area contributed by atoms with E-state index in [9.17, 15) is 9.59 Å². The lowest BCUT2D eigenvalue weighted by molar-refractivity contribution is 0.00575. The van der Waals surface area contributed by atoms with E-state index in [2.05, 4.69) is 22.1 Å². The monoisotopic (exact) mass is 412 g/mol. The van der Waals surface area contributed by atoms with Gasteiger partial charge in [-0.1, -0.05) is 50.1 Å². The van der Waals surface area contributed by atoms with Crippen LogP contribution in [0.5, 0.6) is 5.75 Å². The number of nitrogens with one attached hydrogen (secondary N) is 1. The third-order valence-electron chi connectivity index (χ3n) is 5.33. The van der Waals surface area contributed by atoms with Crippen molar-refractivity contribution in [1.82, 2.24) is 9.97 Å². The maximum atomic E-state index is 12.9. The number of carbonyl (C=O) groups is 1. The minimum atomic E-state index is -0.692. The van der Waals surface area contributed by atoms with Crippen molar-refractivity contribution in [3.8, 4) is 5.75 Å². The Balaban J connectivity index is 1.99. The van der Waals surface area contributed by atoms with Crippen molar-refractivity contribution < 1.29 is 14.3 Å². The van der Waals surface area contributed by atoms with Crippen LogP contribution in [0.4, 0.5) is 0 Å². The van der Waals surface area contributed by atoms with E-state index >= 15 is 0 Å². The summed E-state index contributed by atoms with van der Waals surface area (Å²) in [4.78, 5) is 33.3. The molecule has 0 saturated heterocycles. The van der Waals surface area contributed by atoms with E-state index in [0.29, 0.717) is 12.4 Å². The highest BCUT2D eigenvalue weighted by atomic mass is 16.6. The number of nitrogens with zero attached hydrogens (tertiary/aromatic N) is 1. The van der Waals surface area contributed by atoms with Crippen molar-refractivity contribution in [3.63, 3.8) is 0 Å². The first-order valence-electron chi connectivity index (χ1n) is 10.9. The lowest BCUT2D eigenvalue weighted by Gasteiger charge is -2.22. The average Bonchev–Trinajstić information content (AvgIpc) is 3.18. The largest absolute Gasteiger partial charge is 0.486 e. The minimum Gasteiger partial charge on any atom is -0.486 e. The summed E-state index contributed by atoms with van der Waals surface area (Å²) < 4.78 is 11.2. The van der Waals surface area contributed by atoms with Crippen molar-refractivity contribution in [1.29, 1.82) is 0 Å². The summed E-state index contributed by atoms with van der Waals surface area (Å²) in [6.45, 7) is 7.76. The van der Waals surface area contributed by atoms with Gasteiger partial charge >= 0.3 is 5.97 Å². The van der Waals surface area contributed by atoms with Gasteiger partial charge in [-0.05, 0) is 51.5 Å². The fourth-order valence-electron chi connectivity index (χ4n) is 3.96. The number of unbranched alkanes of at least 4 members (excludes halogenated alkanes) is 1. The van der Waals surface area contributed by atoms with Crippen molar-refractivity contribution in [2.24, 2.45) is 0 Å². The number of benzene rings is 1. The van der Waals surface area contributed by atoms with Crippen molar-refractivity contribution >= 4 is 5.97 Å². The van der Waals surface area contributed by atoms with Crippen LogP contribution in [0.2, 0.25) is 0 Å². The van der Waals surface area contributed by atoms with E-state index in [1.54, 1.807) is 20.8 Å². The molecule has 1 saturated carbocycles. The van der Waals surface area contributed by atoms with Gasteiger partial charge in [0.1, 0.15) is 11.4 Å². The maximum Gasteiger partial charge on any atom is 0.361 e. The van der Waals surface area contributed by atoms with Crippen molar-refractivity contribution in [2.75, 3.05) is 6.61 Å². The smallest absolute Gasteiger partial charge is 0.361 e. The van der Waals surface area contributed by atoms with Gasteiger partial charge in [-0.3, -0.25) is 4.79 Å². The number of H-pyrrole nitrogens is 1. The zero-order chi connectivity index (χ0) is 21.7. The summed E-state index contributed by atoms with van der Waals surface area (Å²) >= 11 is 0. The van der Waals surface area contributed by atoms with Crippen molar-refractivity contribution in [2.45, 2.75) is 77.2 Å². The molecule has 1 aromatic carbocycles. The van der Waals surface area contributed by atoms with E-state index in [0.717, 1.165) is 32.1 Å². The second-order valence-electron chi connectivity index (χ2n) is 8.89. The molecule has 1 aliphatic rings. The van der Waals surface area contributed by atoms with E-state index in [-0.39, 0.29) is 23.3 Å². The Morgan fingerprint density at radius 2 is 1.87 bits per heavy atom. The van der Waals surface area contributed by atoms with E-state index in [1.165, 1.54) is 5.56 Å². The van der Waals surface area contributed by atoms with Gasteiger partial charge in [0.05, 0.1) is 6.61 Å². The number of hydrogen-bond donors (Lipinski definition) is 1. The molecule has 6 heteroatoms. The highest BCUT2D eigenvalue weighted by Gasteiger charge is 2.34. The lowest BCUT2D eigenvalue weighted by atomic mass is 9.88. The van der Waals surface area contributed by atoms with Crippen LogP contribution in [-0.4, -0.2) is 28.1 Å². The second kappa shape index (κ2) is 9.45. The van der Waals surface area contributed by atoms with Crippen molar-refractivity contribution in [3.05, 3.63) is 57.8 Å². The topological polar surface area (TPSA) is 81.3 Å². The third-order valence-corrected chi connectivity index (χ3v) is 5.33. The zero-order valence-electron chi connectivity index (χ0n) is 18.4. The number of aromatic amines is 1. The molecule has 3 rings (SSSR count). The first-order chi connectivity index (χ1) is 14.3. The molecule has 0 radical (unpaired) electrons. The van der Waals surface area contributed by atoms with Gasteiger partial charge < -0.3 is 14.5 Å². The van der Waals surface area contributed by atoms with Crippen LogP contribution in [0.3, 0.4) is 0 Å². The molecule has 1 fully saturated rings. The number of rotatable bonds is 7. The normalized spacial score (nSPS) is 18.9. The summed E-state index contributed by atoms with van der Waals surface area (Å²) in [6, 6.07) is 10.3. The predicted molar refractivity (Wildman–Crippen MR) is 116 cm³/mol. The van der Waals surface area contributed by atoms with E-state index in [1.807, 2.05) is 25.1 Å². The van der Waals surface area contributed by atoms with Gasteiger partial charge in [-0.25, -0.2) is 9.78 Å². The van der Waals surface area contributed by atoms with E-state index < -0.39 is 17.1 Å². The number of hydrogen-bond acceptors (Lipinski definition) is 5. The summed E-state index contributed by atoms with van der Waals surface area (Å²) in [7, 11) is 0. The molecule has 162 valence electrons. The van der Waals surface area contributed by atoms with Crippen LogP contribution in [-0.2, 0) is 4.74 Å². The highest BCUT2D eigenvalue weighted by molar-refractivity contribution is 5.90. The summed E-state index contributed by atoms with van der Waals surface area (Å²) in [5, 5.41) is 0. The molecule has 1 heterocycles. The van der Waals surface area contributed by atoms with Crippen LogP contribution in [0.25, 0.3) is 0 Å². The molecule has 30 heavy (non-hydrogen) atoms. The van der Waals surface area contributed by atoms with Crippen LogP contribution < -0.4 is 10.3 Å². The molecule has 0 unspecified atom stereocenters. The molecule has 1 N–H and O–H groups in total. The third kappa shape index (κ3) is 5.29. The first-order valence-corrected chi connectivity index (χ1v) is 10.9. The SMILES string of the molecule is CCCCOc1c(C(=O)OC(C)(C)C)nc([C@@H]2CCC[C@@H]2c2ccccc2)[nH]c1=O. The van der Waals surface area contributed by atoms with Gasteiger partial charge in [-0.2, -0.15) is 0 Å². The number of aromatic nitrogens is 2. The molecule has 2 aromatic rings. The number of carbonyl (C=O) groups excluding carboxylic acids is 1. The Morgan fingerprint density at radius 3 is 2.53 bits per heavy atom. The molecule has 0 bridgehead atoms. The molecule has 0 amide bonds. The summed E-state index contributed by atoms with van der Waals surface area (Å²) in [5.74, 6) is 0.167. The Hall–Kier alpha value is -2.63. The molecule has 2 atom stereocenters. The molecule has 0 spiro atoms. The fraction of sp³-hybridized carbons (Fsp3) is 0.542. The average molecular weight is 413 g/mol. The van der Waals surface area contributed by atoms with Gasteiger partial charge in [0, 0.05) is 5.92 Å². The van der Waals surface area contributed by atoms with Crippen LogP contribution in [0.1, 0.15) is 93.5 Å². The lowest BCUT2D eigenvalue weighted by Crippen LogP contribution is -2.28. The number of ether oxygens (including phenoxy) is 2. The zero-order valence-corrected chi connectivity index (χ0v) is 18.4. The Labute approximate surface area is 178 Å². The maximum absolute atomic E-state index is 12.9. The molecule has 6 nitrogen and oxygen atoms in total. The van der Waals surface area contributed by atoms with Gasteiger partial charge in [0.2, 0.25) is 5.75 Å². The second-order valence-corrected chi connectivity index (χ2v) is 8.89. The Kier molecular flexibility index (Phi) is 6.95. The van der Waals surface area contributed by atoms with Gasteiger partial charge in [-0.15, -0.1) is 0 Å². The predicted octanol–water partition coefficient (Wildman–Crippen LogP) is 4.96. The molecule has 1 aromatic heterocycles. The quantitative estimate of drug-likeness (QED) is 0.514.